The molecule has 1 saturated carbocycles. The molecule has 1 unspecified atom stereocenters. The van der Waals surface area contributed by atoms with Crippen LogP contribution in [0.3, 0.4) is 0 Å². The molecule has 1 saturated heterocycles. The number of rotatable bonds is 0. The molecule has 1 spiro atoms. The predicted molar refractivity (Wildman–Crippen MR) is 107 cm³/mol. The number of nitrogens with one attached hydrogen (secondary N) is 1. The van der Waals surface area contributed by atoms with Gasteiger partial charge in [0.2, 0.25) is 5.88 Å². The lowest BCUT2D eigenvalue weighted by atomic mass is 10.0. The topological polar surface area (TPSA) is 87.8 Å². The highest BCUT2D eigenvalue weighted by Gasteiger charge is 2.65. The number of aliphatic hydroxyl groups excluding tert-OH is 1. The quantitative estimate of drug-likeness (QED) is 0.585. The molecule has 30 heavy (non-hydrogen) atoms. The van der Waals surface area contributed by atoms with Crippen molar-refractivity contribution in [2.45, 2.75) is 24.5 Å². The molecular formula is C21H21FN6O2. The summed E-state index contributed by atoms with van der Waals surface area (Å²) in [5.74, 6) is 1.17. The molecule has 9 heteroatoms. The van der Waals surface area contributed by atoms with Crippen LogP contribution in [0.2, 0.25) is 0 Å². The van der Waals surface area contributed by atoms with Crippen molar-refractivity contribution in [3.05, 3.63) is 54.2 Å². The minimum absolute atomic E-state index is 0.0413. The fourth-order valence-electron chi connectivity index (χ4n) is 4.91. The Morgan fingerprint density at radius 3 is 3.13 bits per heavy atom. The van der Waals surface area contributed by atoms with Gasteiger partial charge in [0.15, 0.2) is 5.65 Å². The van der Waals surface area contributed by atoms with Gasteiger partial charge in [0.05, 0.1) is 23.5 Å². The van der Waals surface area contributed by atoms with Gasteiger partial charge in [-0.1, -0.05) is 6.58 Å². The van der Waals surface area contributed by atoms with Gasteiger partial charge in [-0.25, -0.2) is 18.9 Å². The summed E-state index contributed by atoms with van der Waals surface area (Å²) < 4.78 is 21.8. The summed E-state index contributed by atoms with van der Waals surface area (Å²) in [6.07, 6.45) is 5.84. The van der Waals surface area contributed by atoms with Crippen LogP contribution in [0.1, 0.15) is 24.0 Å². The number of fused-ring (bicyclic) bond motifs is 3. The molecule has 2 N–H and O–H groups in total. The number of pyridine rings is 1. The van der Waals surface area contributed by atoms with E-state index in [1.165, 1.54) is 6.07 Å². The molecule has 2 bridgehead atoms. The van der Waals surface area contributed by atoms with Crippen molar-refractivity contribution in [3.8, 4) is 5.88 Å². The zero-order chi connectivity index (χ0) is 20.5. The summed E-state index contributed by atoms with van der Waals surface area (Å²) in [6, 6.07) is 3.45. The van der Waals surface area contributed by atoms with Crippen molar-refractivity contribution in [1.82, 2.24) is 24.9 Å². The predicted octanol–water partition coefficient (Wildman–Crippen LogP) is 1.70. The third-order valence-corrected chi connectivity index (χ3v) is 6.46. The van der Waals surface area contributed by atoms with E-state index in [2.05, 4.69) is 26.9 Å². The fraction of sp³-hybridized carbons (Fsp3) is 0.381. The van der Waals surface area contributed by atoms with Crippen LogP contribution in [-0.2, 0) is 5.54 Å². The maximum atomic E-state index is 14.2. The number of hydrogen-bond acceptors (Lipinski definition) is 7. The zero-order valence-electron chi connectivity index (χ0n) is 16.3. The Labute approximate surface area is 172 Å². The molecule has 3 aliphatic rings. The van der Waals surface area contributed by atoms with Crippen LogP contribution in [0, 0.1) is 11.7 Å². The van der Waals surface area contributed by atoms with E-state index in [-0.39, 0.29) is 18.7 Å². The second-order valence-electron chi connectivity index (χ2n) is 8.21. The Bertz CT molecular complexity index is 1180. The third kappa shape index (κ3) is 2.44. The van der Waals surface area contributed by atoms with Crippen LogP contribution in [0.15, 0.2) is 37.3 Å². The van der Waals surface area contributed by atoms with Gasteiger partial charge in [-0.2, -0.15) is 5.10 Å². The third-order valence-electron chi connectivity index (χ3n) is 6.46. The molecule has 2 fully saturated rings. The molecule has 3 atom stereocenters. The van der Waals surface area contributed by atoms with Crippen LogP contribution >= 0.6 is 0 Å². The molecular weight excluding hydrogens is 387 g/mol. The maximum Gasteiger partial charge on any atom is 0.219 e. The lowest BCUT2D eigenvalue weighted by Gasteiger charge is -2.31. The molecule has 0 radical (unpaired) electrons. The maximum absolute atomic E-state index is 14.2. The van der Waals surface area contributed by atoms with Crippen molar-refractivity contribution in [1.29, 1.82) is 0 Å². The van der Waals surface area contributed by atoms with Crippen LogP contribution in [0.5, 0.6) is 5.88 Å². The number of nitrogens with zero attached hydrogens (tertiary/aromatic N) is 5. The number of β-amino-alcohol motifs (C(OH)–C–C–N with tert-alkyl or cyclic N) is 1. The first kappa shape index (κ1) is 17.6. The lowest BCUT2D eigenvalue weighted by molar-refractivity contribution is 0.106. The summed E-state index contributed by atoms with van der Waals surface area (Å²) in [7, 11) is 0. The minimum atomic E-state index is -0.790. The van der Waals surface area contributed by atoms with Crippen LogP contribution in [-0.4, -0.2) is 50.5 Å². The van der Waals surface area contributed by atoms with Gasteiger partial charge in [0, 0.05) is 30.5 Å². The molecule has 5 heterocycles. The van der Waals surface area contributed by atoms with Gasteiger partial charge < -0.3 is 20.1 Å². The molecule has 1 aliphatic carbocycles. The normalized spacial score (nSPS) is 27.7. The second-order valence-corrected chi connectivity index (χ2v) is 8.21. The highest BCUT2D eigenvalue weighted by molar-refractivity contribution is 5.74. The lowest BCUT2D eigenvalue weighted by Crippen LogP contribution is -2.35. The van der Waals surface area contributed by atoms with Gasteiger partial charge in [0.1, 0.15) is 24.3 Å². The smallest absolute Gasteiger partial charge is 0.219 e. The number of hydrogen-bond donors (Lipinski definition) is 2. The minimum Gasteiger partial charge on any atom is -0.475 e. The molecule has 3 aromatic heterocycles. The number of anilines is 1. The van der Waals surface area contributed by atoms with Gasteiger partial charge in [0.25, 0.3) is 0 Å². The van der Waals surface area contributed by atoms with Crippen LogP contribution in [0.4, 0.5) is 10.2 Å². The molecule has 0 aromatic carbocycles. The van der Waals surface area contributed by atoms with Crippen molar-refractivity contribution < 1.29 is 14.2 Å². The van der Waals surface area contributed by atoms with E-state index in [9.17, 15) is 9.50 Å². The van der Waals surface area contributed by atoms with E-state index in [4.69, 9.17) is 9.72 Å². The Kier molecular flexibility index (Phi) is 3.62. The van der Waals surface area contributed by atoms with E-state index in [0.717, 1.165) is 42.5 Å². The van der Waals surface area contributed by atoms with E-state index < -0.39 is 11.9 Å². The summed E-state index contributed by atoms with van der Waals surface area (Å²) in [6.45, 7) is 5.18. The molecule has 0 amide bonds. The number of aromatic nitrogens is 4. The van der Waals surface area contributed by atoms with Gasteiger partial charge in [-0.3, -0.25) is 0 Å². The second kappa shape index (κ2) is 6.15. The largest absolute Gasteiger partial charge is 0.475 e. The fourth-order valence-corrected chi connectivity index (χ4v) is 4.91. The van der Waals surface area contributed by atoms with Gasteiger partial charge in [-0.15, -0.1) is 0 Å². The molecule has 2 aliphatic heterocycles. The first-order valence-electron chi connectivity index (χ1n) is 10.1. The first-order valence-corrected chi connectivity index (χ1v) is 10.1. The Balaban J connectivity index is 1.55. The van der Waals surface area contributed by atoms with E-state index >= 15 is 0 Å². The molecule has 8 nitrogen and oxygen atoms in total. The number of aliphatic hydroxyl groups is 1. The van der Waals surface area contributed by atoms with E-state index in [1.807, 2.05) is 12.3 Å². The van der Waals surface area contributed by atoms with Crippen molar-refractivity contribution >= 4 is 17.2 Å². The monoisotopic (exact) mass is 408 g/mol. The number of ether oxygens (including phenoxy) is 1. The molecule has 3 aromatic rings. The van der Waals surface area contributed by atoms with Crippen molar-refractivity contribution in [2.24, 2.45) is 5.92 Å². The zero-order valence-corrected chi connectivity index (χ0v) is 16.3. The van der Waals surface area contributed by atoms with E-state index in [0.29, 0.717) is 23.1 Å². The van der Waals surface area contributed by atoms with Crippen molar-refractivity contribution in [3.63, 3.8) is 0 Å². The van der Waals surface area contributed by atoms with Crippen LogP contribution < -0.4 is 15.0 Å². The van der Waals surface area contributed by atoms with Gasteiger partial charge >= 0.3 is 0 Å². The van der Waals surface area contributed by atoms with Crippen molar-refractivity contribution in [2.75, 3.05) is 24.6 Å². The first-order chi connectivity index (χ1) is 14.6. The highest BCUT2D eigenvalue weighted by atomic mass is 19.1. The summed E-state index contributed by atoms with van der Waals surface area (Å²) in [5, 5.41) is 17.9. The Hall–Kier alpha value is -3.20. The number of piperidine rings is 1. The van der Waals surface area contributed by atoms with E-state index in [1.54, 1.807) is 10.7 Å². The Morgan fingerprint density at radius 2 is 2.27 bits per heavy atom. The summed E-state index contributed by atoms with van der Waals surface area (Å²) >= 11 is 0. The average molecular weight is 408 g/mol. The van der Waals surface area contributed by atoms with Gasteiger partial charge in [-0.05, 0) is 30.9 Å². The standard InChI is InChI=1S/C21H21FN6O2/c1-12-16-10-25-28-5-3-18(26-19(16)28)27-4-2-13-7-21(13,27)17-6-14(22)8-24-20(17)30-11-15(29)9-23-12/h3,5-6,8,10,13,15,23,29H,1-2,4,7,9,11H2/t13-,15?,21+/m0/s1. The average Bonchev–Trinajstić information content (AvgIpc) is 3.13. The van der Waals surface area contributed by atoms with Crippen LogP contribution in [0.25, 0.3) is 11.3 Å². The number of halogens is 1. The Morgan fingerprint density at radius 1 is 1.37 bits per heavy atom. The molecule has 6 rings (SSSR count). The summed E-state index contributed by atoms with van der Waals surface area (Å²) in [4.78, 5) is 11.3. The highest BCUT2D eigenvalue weighted by Crippen LogP contribution is 2.64. The summed E-state index contributed by atoms with van der Waals surface area (Å²) in [5.41, 5.74) is 2.43. The SMILES string of the molecule is C=C1NCC(O)COc2ncc(F)cc2[C@@]23C[C@@H]2CCN3c2ccn3ncc1c3n2. The molecule has 154 valence electrons.